The Labute approximate surface area is 135 Å². The summed E-state index contributed by atoms with van der Waals surface area (Å²) in [7, 11) is 0. The van der Waals surface area contributed by atoms with E-state index in [4.69, 9.17) is 0 Å². The topological polar surface area (TPSA) is 12.0 Å². The van der Waals surface area contributed by atoms with Gasteiger partial charge < -0.3 is 5.32 Å². The van der Waals surface area contributed by atoms with Gasteiger partial charge in [0.25, 0.3) is 0 Å². The molecule has 0 bridgehead atoms. The zero-order valence-electron chi connectivity index (χ0n) is 11.2. The highest BCUT2D eigenvalue weighted by molar-refractivity contribution is 9.10. The highest BCUT2D eigenvalue weighted by atomic mass is 79.9. The van der Waals surface area contributed by atoms with Gasteiger partial charge in [0.05, 0.1) is 0 Å². The molecule has 3 rings (SSSR count). The molecule has 2 heterocycles. The van der Waals surface area contributed by atoms with E-state index in [1.807, 2.05) is 22.7 Å². The van der Waals surface area contributed by atoms with Crippen LogP contribution in [0.15, 0.2) is 46.3 Å². The van der Waals surface area contributed by atoms with E-state index in [0.29, 0.717) is 6.04 Å². The first-order valence-electron chi connectivity index (χ1n) is 6.71. The van der Waals surface area contributed by atoms with E-state index in [0.717, 1.165) is 17.4 Å². The minimum atomic E-state index is 0.402. The van der Waals surface area contributed by atoms with E-state index in [9.17, 15) is 0 Å². The van der Waals surface area contributed by atoms with Crippen molar-refractivity contribution < 1.29 is 0 Å². The quantitative estimate of drug-likeness (QED) is 0.618. The molecule has 1 aromatic carbocycles. The molecule has 0 aliphatic rings. The fourth-order valence-corrected chi connectivity index (χ4v) is 5.02. The normalized spacial score (nSPS) is 12.9. The Hall–Kier alpha value is -0.680. The van der Waals surface area contributed by atoms with E-state index >= 15 is 0 Å². The summed E-state index contributed by atoms with van der Waals surface area (Å²) in [6.45, 7) is 3.16. The Balaban J connectivity index is 1.86. The van der Waals surface area contributed by atoms with Crippen LogP contribution in [0.4, 0.5) is 0 Å². The van der Waals surface area contributed by atoms with Crippen molar-refractivity contribution in [2.45, 2.75) is 19.4 Å². The predicted molar refractivity (Wildman–Crippen MR) is 94.0 cm³/mol. The van der Waals surface area contributed by atoms with E-state index in [-0.39, 0.29) is 0 Å². The Morgan fingerprint density at radius 1 is 1.20 bits per heavy atom. The number of nitrogens with one attached hydrogen (secondary N) is 1. The summed E-state index contributed by atoms with van der Waals surface area (Å²) in [6, 6.07) is 13.6. The highest BCUT2D eigenvalue weighted by Gasteiger charge is 2.15. The van der Waals surface area contributed by atoms with Gasteiger partial charge in [0.2, 0.25) is 0 Å². The van der Waals surface area contributed by atoms with Gasteiger partial charge in [0, 0.05) is 24.8 Å². The smallest absolute Gasteiger partial charge is 0.0456 e. The van der Waals surface area contributed by atoms with Gasteiger partial charge in [-0.1, -0.05) is 35.0 Å². The van der Waals surface area contributed by atoms with Crippen LogP contribution in [0, 0.1) is 0 Å². The Kier molecular flexibility index (Phi) is 4.56. The number of benzene rings is 1. The molecule has 0 aliphatic heterocycles. The molecular weight excluding hydrogens is 350 g/mol. The molecule has 3 aromatic rings. The fourth-order valence-electron chi connectivity index (χ4n) is 2.38. The van der Waals surface area contributed by atoms with Crippen LogP contribution in [0.5, 0.6) is 0 Å². The summed E-state index contributed by atoms with van der Waals surface area (Å²) >= 11 is 7.29. The fraction of sp³-hybridized carbons (Fsp3) is 0.250. The van der Waals surface area contributed by atoms with Crippen molar-refractivity contribution in [1.82, 2.24) is 5.32 Å². The molecule has 0 radical (unpaired) electrons. The first-order chi connectivity index (χ1) is 9.76. The van der Waals surface area contributed by atoms with Crippen LogP contribution in [-0.4, -0.2) is 6.54 Å². The molecule has 0 saturated heterocycles. The van der Waals surface area contributed by atoms with Gasteiger partial charge in [-0.2, -0.15) is 0 Å². The molecular formula is C16H16BrNS2. The second kappa shape index (κ2) is 6.39. The summed E-state index contributed by atoms with van der Waals surface area (Å²) in [5.41, 5.74) is 1.36. The van der Waals surface area contributed by atoms with Crippen LogP contribution >= 0.6 is 38.6 Å². The molecule has 0 aliphatic carbocycles. The molecule has 0 saturated carbocycles. The number of likely N-dealkylation sites (N-methyl/N-ethyl adjacent to an activating group) is 1. The summed E-state index contributed by atoms with van der Waals surface area (Å²) in [6.07, 6.45) is 1.03. The Morgan fingerprint density at radius 3 is 2.85 bits per heavy atom. The van der Waals surface area contributed by atoms with E-state index < -0.39 is 0 Å². The number of hydrogen-bond donors (Lipinski definition) is 1. The standard InChI is InChI=1S/C16H16BrNS2/c1-2-18-13(9-11-4-3-5-12(17)8-11)15-10-16-14(20-15)6-7-19-16/h3-8,10,13,18H,2,9H2,1H3. The minimum absolute atomic E-state index is 0.402. The van der Waals surface area contributed by atoms with Crippen molar-refractivity contribution in [3.63, 3.8) is 0 Å². The zero-order chi connectivity index (χ0) is 13.9. The maximum Gasteiger partial charge on any atom is 0.0456 e. The number of fused-ring (bicyclic) bond motifs is 1. The molecule has 20 heavy (non-hydrogen) atoms. The van der Waals surface area contributed by atoms with E-state index in [1.54, 1.807) is 0 Å². The third-order valence-electron chi connectivity index (χ3n) is 3.28. The first kappa shape index (κ1) is 14.3. The van der Waals surface area contributed by atoms with Gasteiger partial charge in [-0.15, -0.1) is 22.7 Å². The van der Waals surface area contributed by atoms with Crippen LogP contribution in [0.25, 0.3) is 9.40 Å². The molecule has 0 spiro atoms. The molecule has 4 heteroatoms. The van der Waals surface area contributed by atoms with Gasteiger partial charge in [-0.25, -0.2) is 0 Å². The van der Waals surface area contributed by atoms with Gasteiger partial charge in [0.15, 0.2) is 0 Å². The second-order valence-corrected chi connectivity index (χ2v) is 7.72. The predicted octanol–water partition coefficient (Wildman–Crippen LogP) is 5.62. The van der Waals surface area contributed by atoms with Gasteiger partial charge >= 0.3 is 0 Å². The van der Waals surface area contributed by atoms with Crippen LogP contribution in [0.1, 0.15) is 23.4 Å². The second-order valence-electron chi connectivity index (χ2n) is 4.74. The van der Waals surface area contributed by atoms with Gasteiger partial charge in [-0.05, 0) is 48.2 Å². The maximum atomic E-state index is 3.62. The summed E-state index contributed by atoms with van der Waals surface area (Å²) in [5.74, 6) is 0. The van der Waals surface area contributed by atoms with Crippen molar-refractivity contribution in [2.75, 3.05) is 6.54 Å². The Bertz CT molecular complexity index is 673. The number of rotatable bonds is 5. The molecule has 1 N–H and O–H groups in total. The largest absolute Gasteiger partial charge is 0.309 e. The molecule has 1 unspecified atom stereocenters. The number of hydrogen-bond acceptors (Lipinski definition) is 3. The number of halogens is 1. The summed E-state index contributed by atoms with van der Waals surface area (Å²) in [5, 5.41) is 5.79. The highest BCUT2D eigenvalue weighted by Crippen LogP contribution is 2.34. The van der Waals surface area contributed by atoms with Gasteiger partial charge in [0.1, 0.15) is 0 Å². The number of thiophene rings is 2. The molecule has 0 fully saturated rings. The van der Waals surface area contributed by atoms with Crippen molar-refractivity contribution >= 4 is 48.0 Å². The molecule has 1 atom stereocenters. The molecule has 104 valence electrons. The SMILES string of the molecule is CCNC(Cc1cccc(Br)c1)c1cc2sccc2s1. The van der Waals surface area contributed by atoms with Crippen LogP contribution < -0.4 is 5.32 Å². The third kappa shape index (κ3) is 3.14. The maximum absolute atomic E-state index is 3.62. The van der Waals surface area contributed by atoms with Crippen molar-refractivity contribution in [1.29, 1.82) is 0 Å². The summed E-state index contributed by atoms with van der Waals surface area (Å²) < 4.78 is 3.96. The average Bonchev–Trinajstić information content (AvgIpc) is 2.99. The lowest BCUT2D eigenvalue weighted by Gasteiger charge is -2.16. The first-order valence-corrected chi connectivity index (χ1v) is 9.20. The van der Waals surface area contributed by atoms with Crippen molar-refractivity contribution in [3.8, 4) is 0 Å². The minimum Gasteiger partial charge on any atom is -0.309 e. The lowest BCUT2D eigenvalue weighted by atomic mass is 10.0. The van der Waals surface area contributed by atoms with E-state index in [1.165, 1.54) is 19.8 Å². The van der Waals surface area contributed by atoms with Gasteiger partial charge in [-0.3, -0.25) is 0 Å². The lowest BCUT2D eigenvalue weighted by molar-refractivity contribution is 0.558. The van der Waals surface area contributed by atoms with Crippen LogP contribution in [0.2, 0.25) is 0 Å². The van der Waals surface area contributed by atoms with E-state index in [2.05, 4.69) is 69.9 Å². The van der Waals surface area contributed by atoms with Crippen LogP contribution in [-0.2, 0) is 6.42 Å². The zero-order valence-corrected chi connectivity index (χ0v) is 14.4. The molecule has 1 nitrogen and oxygen atoms in total. The lowest BCUT2D eigenvalue weighted by Crippen LogP contribution is -2.22. The van der Waals surface area contributed by atoms with Crippen molar-refractivity contribution in [2.24, 2.45) is 0 Å². The van der Waals surface area contributed by atoms with Crippen LogP contribution in [0.3, 0.4) is 0 Å². The third-order valence-corrected chi connectivity index (χ3v) is 5.98. The van der Waals surface area contributed by atoms with Crippen molar-refractivity contribution in [3.05, 3.63) is 56.7 Å². The monoisotopic (exact) mass is 365 g/mol. The summed E-state index contributed by atoms with van der Waals surface area (Å²) in [4.78, 5) is 1.44. The average molecular weight is 366 g/mol. The molecule has 0 amide bonds. The Morgan fingerprint density at radius 2 is 2.10 bits per heavy atom. The molecule has 2 aromatic heterocycles.